The number of halogens is 1. The molecule has 5 nitrogen and oxygen atoms in total. The van der Waals surface area contributed by atoms with E-state index < -0.39 is 0 Å². The molecule has 2 rings (SSSR count). The normalized spacial score (nSPS) is 10.5. The Morgan fingerprint density at radius 2 is 2.21 bits per heavy atom. The summed E-state index contributed by atoms with van der Waals surface area (Å²) in [6, 6.07) is 6.70. The first-order valence-electron chi connectivity index (χ1n) is 5.90. The van der Waals surface area contributed by atoms with Gasteiger partial charge in [0.2, 0.25) is 0 Å². The van der Waals surface area contributed by atoms with E-state index in [1.54, 1.807) is 36.0 Å². The highest BCUT2D eigenvalue weighted by molar-refractivity contribution is 6.31. The van der Waals surface area contributed by atoms with Crippen LogP contribution < -0.4 is 11.1 Å². The number of amides is 1. The summed E-state index contributed by atoms with van der Waals surface area (Å²) in [6.07, 6.45) is 0.778. The second-order valence-electron chi connectivity index (χ2n) is 4.18. The highest BCUT2D eigenvalue weighted by atomic mass is 35.5. The molecule has 0 fully saturated rings. The van der Waals surface area contributed by atoms with Crippen molar-refractivity contribution >= 4 is 28.9 Å². The summed E-state index contributed by atoms with van der Waals surface area (Å²) in [4.78, 5) is 12.2. The van der Waals surface area contributed by atoms with Gasteiger partial charge in [-0.3, -0.25) is 9.48 Å². The van der Waals surface area contributed by atoms with Gasteiger partial charge in [0.25, 0.3) is 5.91 Å². The van der Waals surface area contributed by atoms with Crippen LogP contribution in [-0.2, 0) is 13.5 Å². The van der Waals surface area contributed by atoms with Gasteiger partial charge in [-0.25, -0.2) is 0 Å². The van der Waals surface area contributed by atoms with E-state index in [4.69, 9.17) is 17.3 Å². The van der Waals surface area contributed by atoms with Gasteiger partial charge < -0.3 is 11.1 Å². The molecule has 6 heteroatoms. The number of hydrogen-bond acceptors (Lipinski definition) is 3. The molecule has 0 radical (unpaired) electrons. The van der Waals surface area contributed by atoms with Gasteiger partial charge in [-0.05, 0) is 30.7 Å². The molecule has 0 aliphatic heterocycles. The first-order chi connectivity index (χ1) is 9.01. The third kappa shape index (κ3) is 2.88. The quantitative estimate of drug-likeness (QED) is 0.847. The third-order valence-corrected chi connectivity index (χ3v) is 3.02. The largest absolute Gasteiger partial charge is 0.397 e. The number of aryl methyl sites for hydroxylation is 2. The van der Waals surface area contributed by atoms with Gasteiger partial charge in [-0.2, -0.15) is 5.10 Å². The Labute approximate surface area is 116 Å². The molecule has 0 bridgehead atoms. The number of anilines is 2. The molecular weight excluding hydrogens is 264 g/mol. The molecule has 0 saturated carbocycles. The zero-order valence-corrected chi connectivity index (χ0v) is 11.5. The fourth-order valence-corrected chi connectivity index (χ4v) is 1.91. The Bertz CT molecular complexity index is 621. The number of carbonyl (C=O) groups excluding carboxylic acids is 1. The Kier molecular flexibility index (Phi) is 3.76. The van der Waals surface area contributed by atoms with Crippen LogP contribution in [0.2, 0.25) is 5.02 Å². The van der Waals surface area contributed by atoms with E-state index in [0.29, 0.717) is 22.1 Å². The van der Waals surface area contributed by atoms with Gasteiger partial charge in [0, 0.05) is 12.1 Å². The second kappa shape index (κ2) is 5.32. The van der Waals surface area contributed by atoms with Crippen molar-refractivity contribution in [2.24, 2.45) is 7.05 Å². The van der Waals surface area contributed by atoms with Crippen molar-refractivity contribution in [3.8, 4) is 0 Å². The average Bonchev–Trinajstić information content (AvgIpc) is 2.75. The minimum absolute atomic E-state index is 0.260. The lowest BCUT2D eigenvalue weighted by Crippen LogP contribution is -2.16. The van der Waals surface area contributed by atoms with Crippen LogP contribution in [0.5, 0.6) is 0 Å². The Morgan fingerprint density at radius 1 is 1.47 bits per heavy atom. The highest BCUT2D eigenvalue weighted by Gasteiger charge is 2.14. The van der Waals surface area contributed by atoms with Gasteiger partial charge in [0.1, 0.15) is 5.69 Å². The number of nitrogens with one attached hydrogen (secondary N) is 1. The number of nitrogens with two attached hydrogens (primary N) is 1. The lowest BCUT2D eigenvalue weighted by atomic mass is 10.2. The predicted octanol–water partition coefficient (Wildman–Crippen LogP) is 2.47. The molecule has 2 aromatic rings. The standard InChI is InChI=1S/C13H15ClN4O/c1-3-9-7-12(18(2)17-9)13(19)16-11-6-8(14)4-5-10(11)15/h4-7H,3,15H2,1-2H3,(H,16,19). The molecule has 0 atom stereocenters. The van der Waals surface area contributed by atoms with E-state index in [0.717, 1.165) is 12.1 Å². The molecule has 0 aliphatic carbocycles. The lowest BCUT2D eigenvalue weighted by Gasteiger charge is -2.08. The van der Waals surface area contributed by atoms with Gasteiger partial charge in [-0.15, -0.1) is 0 Å². The van der Waals surface area contributed by atoms with Crippen molar-refractivity contribution in [2.45, 2.75) is 13.3 Å². The first kappa shape index (κ1) is 13.4. The Hall–Kier alpha value is -2.01. The molecular formula is C13H15ClN4O. The van der Waals surface area contributed by atoms with Gasteiger partial charge in [-0.1, -0.05) is 18.5 Å². The smallest absolute Gasteiger partial charge is 0.273 e. The first-order valence-corrected chi connectivity index (χ1v) is 6.28. The summed E-state index contributed by atoms with van der Waals surface area (Å²) in [5.41, 5.74) is 8.10. The minimum Gasteiger partial charge on any atom is -0.397 e. The van der Waals surface area contributed by atoms with Crippen LogP contribution in [0, 0.1) is 0 Å². The van der Waals surface area contributed by atoms with Gasteiger partial charge >= 0.3 is 0 Å². The number of nitrogens with zero attached hydrogens (tertiary/aromatic N) is 2. The fourth-order valence-electron chi connectivity index (χ4n) is 1.74. The van der Waals surface area contributed by atoms with Crippen LogP contribution in [0.25, 0.3) is 0 Å². The van der Waals surface area contributed by atoms with E-state index in [2.05, 4.69) is 10.4 Å². The van der Waals surface area contributed by atoms with Crippen molar-refractivity contribution in [2.75, 3.05) is 11.1 Å². The number of benzene rings is 1. The maximum Gasteiger partial charge on any atom is 0.273 e. The van der Waals surface area contributed by atoms with Crippen molar-refractivity contribution < 1.29 is 4.79 Å². The number of aromatic nitrogens is 2. The van der Waals surface area contributed by atoms with E-state index in [1.807, 2.05) is 6.92 Å². The van der Waals surface area contributed by atoms with Crippen molar-refractivity contribution in [1.82, 2.24) is 9.78 Å². The topological polar surface area (TPSA) is 72.9 Å². The van der Waals surface area contributed by atoms with Crippen LogP contribution in [0.15, 0.2) is 24.3 Å². The summed E-state index contributed by atoms with van der Waals surface area (Å²) >= 11 is 5.88. The summed E-state index contributed by atoms with van der Waals surface area (Å²) in [6.45, 7) is 1.99. The molecule has 1 amide bonds. The molecule has 1 aromatic carbocycles. The SMILES string of the molecule is CCc1cc(C(=O)Nc2cc(Cl)ccc2N)n(C)n1. The van der Waals surface area contributed by atoms with Crippen LogP contribution in [0.4, 0.5) is 11.4 Å². The molecule has 19 heavy (non-hydrogen) atoms. The summed E-state index contributed by atoms with van der Waals surface area (Å²) in [5, 5.41) is 7.48. The molecule has 1 heterocycles. The summed E-state index contributed by atoms with van der Waals surface area (Å²) in [7, 11) is 1.73. The van der Waals surface area contributed by atoms with Crippen molar-refractivity contribution in [3.63, 3.8) is 0 Å². The van der Waals surface area contributed by atoms with Crippen LogP contribution in [0.1, 0.15) is 23.1 Å². The molecule has 0 saturated heterocycles. The van der Waals surface area contributed by atoms with E-state index in [9.17, 15) is 4.79 Å². The van der Waals surface area contributed by atoms with E-state index >= 15 is 0 Å². The molecule has 100 valence electrons. The van der Waals surface area contributed by atoms with Crippen molar-refractivity contribution in [3.05, 3.63) is 40.7 Å². The minimum atomic E-state index is -0.260. The maximum atomic E-state index is 12.2. The number of hydrogen-bond donors (Lipinski definition) is 2. The molecule has 3 N–H and O–H groups in total. The number of carbonyl (C=O) groups is 1. The Morgan fingerprint density at radius 3 is 2.84 bits per heavy atom. The average molecular weight is 279 g/mol. The summed E-state index contributed by atoms with van der Waals surface area (Å²) in [5.74, 6) is -0.260. The van der Waals surface area contributed by atoms with Crippen LogP contribution in [-0.4, -0.2) is 15.7 Å². The monoisotopic (exact) mass is 278 g/mol. The summed E-state index contributed by atoms with van der Waals surface area (Å²) < 4.78 is 1.55. The zero-order valence-electron chi connectivity index (χ0n) is 10.8. The second-order valence-corrected chi connectivity index (χ2v) is 4.62. The molecule has 0 aliphatic rings. The lowest BCUT2D eigenvalue weighted by molar-refractivity contribution is 0.101. The number of nitrogen functional groups attached to an aromatic ring is 1. The molecule has 1 aromatic heterocycles. The van der Waals surface area contributed by atoms with Crippen LogP contribution >= 0.6 is 11.6 Å². The maximum absolute atomic E-state index is 12.2. The van der Waals surface area contributed by atoms with Gasteiger partial charge in [0.05, 0.1) is 17.1 Å². The van der Waals surface area contributed by atoms with E-state index in [-0.39, 0.29) is 5.91 Å². The molecule has 0 unspecified atom stereocenters. The highest BCUT2D eigenvalue weighted by Crippen LogP contribution is 2.23. The van der Waals surface area contributed by atoms with Crippen molar-refractivity contribution in [1.29, 1.82) is 0 Å². The van der Waals surface area contributed by atoms with E-state index in [1.165, 1.54) is 0 Å². The fraction of sp³-hybridized carbons (Fsp3) is 0.231. The van der Waals surface area contributed by atoms with Crippen LogP contribution in [0.3, 0.4) is 0 Å². The zero-order chi connectivity index (χ0) is 14.0. The third-order valence-electron chi connectivity index (χ3n) is 2.79. The number of rotatable bonds is 3. The predicted molar refractivity (Wildman–Crippen MR) is 76.4 cm³/mol. The molecule has 0 spiro atoms. The van der Waals surface area contributed by atoms with Gasteiger partial charge in [0.15, 0.2) is 0 Å². The Balaban J connectivity index is 2.25.